The third kappa shape index (κ3) is 14.2. The number of imidazole rings is 1. The molecule has 1 aromatic heterocycles. The minimum Gasteiger partial charge on any atom is -0.508 e. The molecule has 0 bridgehead atoms. The lowest BCUT2D eigenvalue weighted by Crippen LogP contribution is -2.60. The van der Waals surface area contributed by atoms with E-state index in [1.165, 1.54) is 29.6 Å². The van der Waals surface area contributed by atoms with Crippen molar-refractivity contribution >= 4 is 35.6 Å². The van der Waals surface area contributed by atoms with Crippen LogP contribution < -0.4 is 21.3 Å². The van der Waals surface area contributed by atoms with Crippen molar-refractivity contribution in [3.63, 3.8) is 0 Å². The fraction of sp³-hybridized carbons (Fsp3) is 0.512. The van der Waals surface area contributed by atoms with Gasteiger partial charge in [0.15, 0.2) is 0 Å². The molecule has 4 rings (SSSR count). The lowest BCUT2D eigenvalue weighted by atomic mass is 9.95. The normalized spacial score (nSPS) is 17.0. The molecule has 0 aliphatic carbocycles. The minimum atomic E-state index is -1.17. The van der Waals surface area contributed by atoms with Gasteiger partial charge in [-0.15, -0.1) is 0 Å². The zero-order chi connectivity index (χ0) is 43.1. The van der Waals surface area contributed by atoms with Crippen molar-refractivity contribution in [1.82, 2.24) is 36.1 Å². The number of hydrogen-bond donors (Lipinski definition) is 8. The number of nitrogens with zero attached hydrogens (tertiary/aromatic N) is 2. The van der Waals surface area contributed by atoms with Gasteiger partial charge in [-0.25, -0.2) is 4.98 Å². The molecule has 0 spiro atoms. The van der Waals surface area contributed by atoms with Crippen molar-refractivity contribution in [2.24, 2.45) is 17.8 Å². The standard InChI is InChI=1S/C43H59N7O9/c1-5-27(4)38(49-39(54)34(20-29-13-15-33(51)16-14-29)45-23-30(43(58)59)18-26(2)3)41(56)48-35(21-32-24-44-25-46-32)42(57)50-17-9-12-36(50)40(55)47-31(22-37(52)53)19-28-10-7-6-8-11-28/h6-8,10-11,13-16,24-27,30-31,34-36,38,45,51H,5,9,12,17-23H2,1-4H3,(H,44,46)(H,47,55)(H,48,56)(H,49,54)(H,52,53)(H,58,59)/t27-,30-,31-,34-,35-,36-,38-/m0/s1. The van der Waals surface area contributed by atoms with Crippen LogP contribution in [0.2, 0.25) is 0 Å². The quantitative estimate of drug-likeness (QED) is 0.0692. The summed E-state index contributed by atoms with van der Waals surface area (Å²) in [5, 5.41) is 41.0. The number of amides is 4. The fourth-order valence-electron chi connectivity index (χ4n) is 7.37. The number of rotatable bonds is 23. The maximum atomic E-state index is 14.4. The molecular formula is C43H59N7O9. The van der Waals surface area contributed by atoms with Gasteiger partial charge in [0.25, 0.3) is 0 Å². The van der Waals surface area contributed by atoms with Crippen molar-refractivity contribution in [2.45, 2.75) is 109 Å². The Labute approximate surface area is 344 Å². The smallest absolute Gasteiger partial charge is 0.307 e. The number of aromatic amines is 1. The number of aliphatic carboxylic acids is 2. The number of phenolic OH excluding ortho intramolecular Hbond substituents is 1. The van der Waals surface area contributed by atoms with E-state index >= 15 is 0 Å². The summed E-state index contributed by atoms with van der Waals surface area (Å²) in [6.07, 6.45) is 4.80. The number of likely N-dealkylation sites (tertiary alicyclic amines) is 1. The van der Waals surface area contributed by atoms with Crippen molar-refractivity contribution in [3.05, 3.63) is 83.9 Å². The summed E-state index contributed by atoms with van der Waals surface area (Å²) in [4.78, 5) is 88.8. The number of aromatic nitrogens is 2. The van der Waals surface area contributed by atoms with E-state index in [0.717, 1.165) is 5.56 Å². The van der Waals surface area contributed by atoms with Gasteiger partial charge in [0, 0.05) is 37.4 Å². The lowest BCUT2D eigenvalue weighted by Gasteiger charge is -2.32. The van der Waals surface area contributed by atoms with Gasteiger partial charge >= 0.3 is 11.9 Å². The number of carboxylic acid groups (broad SMARTS) is 2. The van der Waals surface area contributed by atoms with Crippen LogP contribution in [0.4, 0.5) is 0 Å². The lowest BCUT2D eigenvalue weighted by molar-refractivity contribution is -0.142. The van der Waals surface area contributed by atoms with Crippen LogP contribution in [-0.2, 0) is 48.0 Å². The zero-order valence-corrected chi connectivity index (χ0v) is 34.2. The molecule has 8 N–H and O–H groups in total. The van der Waals surface area contributed by atoms with Crippen LogP contribution in [0.5, 0.6) is 5.75 Å². The van der Waals surface area contributed by atoms with Gasteiger partial charge < -0.3 is 46.5 Å². The summed E-state index contributed by atoms with van der Waals surface area (Å²) < 4.78 is 0. The summed E-state index contributed by atoms with van der Waals surface area (Å²) in [5.41, 5.74) is 2.09. The largest absolute Gasteiger partial charge is 0.508 e. The first-order valence-electron chi connectivity index (χ1n) is 20.3. The first kappa shape index (κ1) is 45.9. The first-order valence-corrected chi connectivity index (χ1v) is 20.3. The molecular weight excluding hydrogens is 759 g/mol. The molecule has 2 aromatic carbocycles. The van der Waals surface area contributed by atoms with Crippen LogP contribution in [0.3, 0.4) is 0 Å². The second kappa shape index (κ2) is 22.4. The molecule has 16 nitrogen and oxygen atoms in total. The maximum absolute atomic E-state index is 14.4. The summed E-state index contributed by atoms with van der Waals surface area (Å²) in [5.74, 6) is -5.27. The van der Waals surface area contributed by atoms with Gasteiger partial charge in [0.2, 0.25) is 23.6 Å². The Bertz CT molecular complexity index is 1840. The Balaban J connectivity index is 1.55. The van der Waals surface area contributed by atoms with E-state index in [9.17, 15) is 44.1 Å². The Morgan fingerprint density at radius 3 is 2.17 bits per heavy atom. The van der Waals surface area contributed by atoms with Crippen molar-refractivity contribution < 1.29 is 44.1 Å². The maximum Gasteiger partial charge on any atom is 0.307 e. The molecule has 3 aromatic rings. The second-order valence-corrected chi connectivity index (χ2v) is 15.9. The molecule has 0 saturated carbocycles. The number of carbonyl (C=O) groups is 6. The average molecular weight is 818 g/mol. The molecule has 16 heteroatoms. The second-order valence-electron chi connectivity index (χ2n) is 15.9. The molecule has 1 saturated heterocycles. The number of H-pyrrole nitrogens is 1. The van der Waals surface area contributed by atoms with Gasteiger partial charge in [-0.1, -0.05) is 76.6 Å². The van der Waals surface area contributed by atoms with Crippen molar-refractivity contribution in [2.75, 3.05) is 13.1 Å². The zero-order valence-electron chi connectivity index (χ0n) is 34.2. The number of nitrogens with one attached hydrogen (secondary N) is 5. The van der Waals surface area contributed by atoms with E-state index < -0.39 is 77.6 Å². The minimum absolute atomic E-state index is 0.00146. The average Bonchev–Trinajstić information content (AvgIpc) is 3.91. The van der Waals surface area contributed by atoms with Crippen LogP contribution in [0, 0.1) is 17.8 Å². The van der Waals surface area contributed by atoms with Crippen LogP contribution in [-0.4, -0.2) is 109 Å². The van der Waals surface area contributed by atoms with Crippen LogP contribution in [0.15, 0.2) is 67.1 Å². The predicted octanol–water partition coefficient (Wildman–Crippen LogP) is 2.81. The van der Waals surface area contributed by atoms with Gasteiger partial charge in [-0.2, -0.15) is 0 Å². The van der Waals surface area contributed by atoms with Gasteiger partial charge in [-0.05, 0) is 67.2 Å². The first-order chi connectivity index (χ1) is 28.1. The Morgan fingerprint density at radius 1 is 0.864 bits per heavy atom. The van der Waals surface area contributed by atoms with E-state index in [1.807, 2.05) is 51.1 Å². The Hall–Kier alpha value is -5.77. The number of phenols is 1. The highest BCUT2D eigenvalue weighted by molar-refractivity contribution is 5.95. The third-order valence-electron chi connectivity index (χ3n) is 10.7. The molecule has 0 radical (unpaired) electrons. The predicted molar refractivity (Wildman–Crippen MR) is 219 cm³/mol. The van der Waals surface area contributed by atoms with Gasteiger partial charge in [0.05, 0.1) is 24.7 Å². The summed E-state index contributed by atoms with van der Waals surface area (Å²) in [7, 11) is 0. The molecule has 320 valence electrons. The third-order valence-corrected chi connectivity index (χ3v) is 10.7. The Morgan fingerprint density at radius 2 is 1.56 bits per heavy atom. The summed E-state index contributed by atoms with van der Waals surface area (Å²) in [6.45, 7) is 7.73. The summed E-state index contributed by atoms with van der Waals surface area (Å²) in [6, 6.07) is 10.6. The highest BCUT2D eigenvalue weighted by atomic mass is 16.4. The number of benzene rings is 2. The van der Waals surface area contributed by atoms with Gasteiger partial charge in [-0.3, -0.25) is 28.8 Å². The van der Waals surface area contributed by atoms with Crippen LogP contribution >= 0.6 is 0 Å². The Kier molecular flexibility index (Phi) is 17.4. The molecule has 7 atom stereocenters. The monoisotopic (exact) mass is 817 g/mol. The SMILES string of the molecule is CC[C@H](C)[C@H](NC(=O)[C@H](Cc1ccc(O)cc1)NC[C@H](CC(C)C)C(=O)O)C(=O)N[C@@H](Cc1cnc[nH]1)C(=O)N1CCC[C@H]1C(=O)N[C@H](CC(=O)O)Cc1ccccc1. The van der Waals surface area contributed by atoms with Gasteiger partial charge in [0.1, 0.15) is 23.9 Å². The molecule has 4 amide bonds. The van der Waals surface area contributed by atoms with Crippen molar-refractivity contribution in [1.29, 1.82) is 0 Å². The number of carbonyl (C=O) groups excluding carboxylic acids is 4. The topological polar surface area (TPSA) is 243 Å². The van der Waals surface area contributed by atoms with Crippen LogP contribution in [0.25, 0.3) is 0 Å². The number of hydrogen-bond acceptors (Lipinski definition) is 9. The van der Waals surface area contributed by atoms with E-state index in [1.54, 1.807) is 19.1 Å². The molecule has 1 fully saturated rings. The highest BCUT2D eigenvalue weighted by Crippen LogP contribution is 2.21. The number of aromatic hydroxyl groups is 1. The van der Waals surface area contributed by atoms with E-state index in [-0.39, 0.29) is 50.4 Å². The van der Waals surface area contributed by atoms with E-state index in [4.69, 9.17) is 0 Å². The number of carboxylic acids is 2. The van der Waals surface area contributed by atoms with E-state index in [0.29, 0.717) is 36.9 Å². The molecule has 1 aliphatic rings. The fourth-order valence-corrected chi connectivity index (χ4v) is 7.37. The van der Waals surface area contributed by atoms with E-state index in [2.05, 4.69) is 31.2 Å². The molecule has 2 heterocycles. The molecule has 59 heavy (non-hydrogen) atoms. The summed E-state index contributed by atoms with van der Waals surface area (Å²) >= 11 is 0. The van der Waals surface area contributed by atoms with Crippen LogP contribution in [0.1, 0.15) is 76.6 Å². The molecule has 0 unspecified atom stereocenters. The van der Waals surface area contributed by atoms with Crippen molar-refractivity contribution in [3.8, 4) is 5.75 Å². The molecule has 1 aliphatic heterocycles. The highest BCUT2D eigenvalue weighted by Gasteiger charge is 2.40.